The van der Waals surface area contributed by atoms with Crippen molar-refractivity contribution < 1.29 is 9.32 Å². The lowest BCUT2D eigenvalue weighted by atomic mass is 10.0. The molecule has 0 atom stereocenters. The summed E-state index contributed by atoms with van der Waals surface area (Å²) in [5.74, 6) is 1.19. The zero-order valence-electron chi connectivity index (χ0n) is 19.0. The Morgan fingerprint density at radius 3 is 2.26 bits per heavy atom. The van der Waals surface area contributed by atoms with Crippen LogP contribution < -0.4 is 4.90 Å². The minimum Gasteiger partial charge on any atom is -0.360 e. The van der Waals surface area contributed by atoms with Crippen LogP contribution in [-0.4, -0.2) is 52.3 Å². The van der Waals surface area contributed by atoms with Gasteiger partial charge in [0.1, 0.15) is 17.0 Å². The van der Waals surface area contributed by atoms with Gasteiger partial charge >= 0.3 is 0 Å². The fraction of sp³-hybridized carbons (Fsp3) is 0.231. The van der Waals surface area contributed by atoms with E-state index in [9.17, 15) is 4.79 Å². The van der Waals surface area contributed by atoms with E-state index in [0.29, 0.717) is 53.8 Å². The zero-order chi connectivity index (χ0) is 23.7. The fourth-order valence-electron chi connectivity index (χ4n) is 4.26. The van der Waals surface area contributed by atoms with Gasteiger partial charge in [0.05, 0.1) is 10.7 Å². The van der Waals surface area contributed by atoms with Crippen LogP contribution in [0.4, 0.5) is 5.82 Å². The first kappa shape index (κ1) is 22.1. The van der Waals surface area contributed by atoms with Gasteiger partial charge in [0.15, 0.2) is 5.82 Å². The Morgan fingerprint density at radius 2 is 1.59 bits per heavy atom. The molecule has 8 heteroatoms. The summed E-state index contributed by atoms with van der Waals surface area (Å²) in [6.07, 6.45) is 0. The van der Waals surface area contributed by atoms with E-state index < -0.39 is 0 Å². The fourth-order valence-corrected chi connectivity index (χ4v) is 4.48. The first-order valence-corrected chi connectivity index (χ1v) is 11.6. The molecule has 0 saturated carbocycles. The van der Waals surface area contributed by atoms with Gasteiger partial charge in [-0.2, -0.15) is 0 Å². The summed E-state index contributed by atoms with van der Waals surface area (Å²) in [5, 5.41) is 13.5. The van der Waals surface area contributed by atoms with Crippen molar-refractivity contribution in [3.05, 3.63) is 82.6 Å². The molecule has 0 unspecified atom stereocenters. The normalized spacial score (nSPS) is 13.9. The number of piperazine rings is 1. The van der Waals surface area contributed by atoms with Crippen LogP contribution in [0.15, 0.2) is 65.2 Å². The van der Waals surface area contributed by atoms with Gasteiger partial charge in [0.25, 0.3) is 5.91 Å². The van der Waals surface area contributed by atoms with Crippen LogP contribution in [0, 0.1) is 13.8 Å². The van der Waals surface area contributed by atoms with E-state index in [-0.39, 0.29) is 5.91 Å². The van der Waals surface area contributed by atoms with Crippen LogP contribution in [0.2, 0.25) is 5.02 Å². The second kappa shape index (κ2) is 9.27. The molecule has 0 spiro atoms. The van der Waals surface area contributed by atoms with Crippen molar-refractivity contribution in [2.75, 3.05) is 31.1 Å². The summed E-state index contributed by atoms with van der Waals surface area (Å²) in [6.45, 7) is 6.27. The number of benzene rings is 2. The summed E-state index contributed by atoms with van der Waals surface area (Å²) >= 11 is 6.35. The lowest BCUT2D eigenvalue weighted by Crippen LogP contribution is -2.49. The van der Waals surface area contributed by atoms with Gasteiger partial charge in [0, 0.05) is 37.3 Å². The minimum atomic E-state index is -0.102. The molecule has 172 valence electrons. The molecular formula is C26H24ClN5O2. The molecule has 1 aliphatic rings. The number of aryl methyl sites for hydroxylation is 2. The molecule has 4 aromatic rings. The molecule has 0 N–H and O–H groups in total. The molecule has 1 fully saturated rings. The van der Waals surface area contributed by atoms with Gasteiger partial charge in [-0.25, -0.2) is 0 Å². The maximum absolute atomic E-state index is 13.4. The Bertz CT molecular complexity index is 1330. The lowest BCUT2D eigenvalue weighted by molar-refractivity contribution is 0.0745. The zero-order valence-corrected chi connectivity index (χ0v) is 19.8. The van der Waals surface area contributed by atoms with Crippen molar-refractivity contribution in [1.82, 2.24) is 20.3 Å². The van der Waals surface area contributed by atoms with E-state index in [1.165, 1.54) is 0 Å². The largest absolute Gasteiger partial charge is 0.360 e. The highest BCUT2D eigenvalue weighted by molar-refractivity contribution is 6.33. The Kier molecular flexibility index (Phi) is 6.02. The topological polar surface area (TPSA) is 75.4 Å². The minimum absolute atomic E-state index is 0.102. The van der Waals surface area contributed by atoms with Gasteiger partial charge in [0.2, 0.25) is 0 Å². The van der Waals surface area contributed by atoms with Crippen LogP contribution in [0.5, 0.6) is 0 Å². The predicted molar refractivity (Wildman–Crippen MR) is 132 cm³/mol. The highest BCUT2D eigenvalue weighted by Crippen LogP contribution is 2.32. The SMILES string of the molecule is Cc1ccccc1-c1ccc(N2CCN(C(=O)c3c(-c4ccccc4Cl)noc3C)CC2)nn1. The van der Waals surface area contributed by atoms with Crippen molar-refractivity contribution >= 4 is 23.3 Å². The van der Waals surface area contributed by atoms with E-state index in [1.807, 2.05) is 53.4 Å². The number of hydrogen-bond donors (Lipinski definition) is 0. The molecule has 0 bridgehead atoms. The van der Waals surface area contributed by atoms with Crippen molar-refractivity contribution in [2.24, 2.45) is 0 Å². The second-order valence-corrected chi connectivity index (χ2v) is 8.72. The average molecular weight is 474 g/mol. The third-order valence-corrected chi connectivity index (χ3v) is 6.50. The van der Waals surface area contributed by atoms with Crippen molar-refractivity contribution in [1.29, 1.82) is 0 Å². The third kappa shape index (κ3) is 4.15. The van der Waals surface area contributed by atoms with Crippen LogP contribution in [-0.2, 0) is 0 Å². The van der Waals surface area contributed by atoms with Crippen LogP contribution in [0.25, 0.3) is 22.5 Å². The summed E-state index contributed by atoms with van der Waals surface area (Å²) in [5.41, 5.74) is 4.72. The highest BCUT2D eigenvalue weighted by atomic mass is 35.5. The molecule has 5 rings (SSSR count). The molecule has 34 heavy (non-hydrogen) atoms. The number of amides is 1. The molecule has 2 aromatic heterocycles. The standard InChI is InChI=1S/C26H24ClN5O2/c1-17-7-3-4-8-19(17)22-11-12-23(29-28-22)31-13-15-32(16-14-31)26(33)24-18(2)34-30-25(24)20-9-5-6-10-21(20)27/h3-12H,13-16H2,1-2H3. The van der Waals surface area contributed by atoms with Gasteiger partial charge in [-0.05, 0) is 37.6 Å². The van der Waals surface area contributed by atoms with Gasteiger partial charge < -0.3 is 14.3 Å². The van der Waals surface area contributed by atoms with E-state index in [4.69, 9.17) is 16.1 Å². The Hall–Kier alpha value is -3.71. The number of carbonyl (C=O) groups excluding carboxylic acids is 1. The molecular weight excluding hydrogens is 450 g/mol. The van der Waals surface area contributed by atoms with E-state index >= 15 is 0 Å². The number of anilines is 1. The summed E-state index contributed by atoms with van der Waals surface area (Å²) in [7, 11) is 0. The molecule has 0 radical (unpaired) electrons. The summed E-state index contributed by atoms with van der Waals surface area (Å²) in [4.78, 5) is 17.4. The first-order valence-electron chi connectivity index (χ1n) is 11.2. The number of carbonyl (C=O) groups is 1. The average Bonchev–Trinajstić information content (AvgIpc) is 3.25. The maximum Gasteiger partial charge on any atom is 0.259 e. The van der Waals surface area contributed by atoms with E-state index in [0.717, 1.165) is 22.6 Å². The van der Waals surface area contributed by atoms with Gasteiger partial charge in [-0.3, -0.25) is 4.79 Å². The first-order chi connectivity index (χ1) is 16.5. The molecule has 1 amide bonds. The number of rotatable bonds is 4. The van der Waals surface area contributed by atoms with Crippen LogP contribution >= 0.6 is 11.6 Å². The Labute approximate surface area is 203 Å². The number of halogens is 1. The van der Waals surface area contributed by atoms with E-state index in [2.05, 4.69) is 33.2 Å². The second-order valence-electron chi connectivity index (χ2n) is 8.31. The van der Waals surface area contributed by atoms with Crippen molar-refractivity contribution in [3.8, 4) is 22.5 Å². The van der Waals surface area contributed by atoms with Gasteiger partial charge in [-0.15, -0.1) is 10.2 Å². The number of nitrogens with zero attached hydrogens (tertiary/aromatic N) is 5. The van der Waals surface area contributed by atoms with Crippen LogP contribution in [0.3, 0.4) is 0 Å². The number of hydrogen-bond acceptors (Lipinski definition) is 6. The molecule has 1 aliphatic heterocycles. The summed E-state index contributed by atoms with van der Waals surface area (Å²) < 4.78 is 5.38. The monoisotopic (exact) mass is 473 g/mol. The smallest absolute Gasteiger partial charge is 0.259 e. The highest BCUT2D eigenvalue weighted by Gasteiger charge is 2.29. The predicted octanol–water partition coefficient (Wildman–Crippen LogP) is 5.03. The van der Waals surface area contributed by atoms with Crippen LogP contribution in [0.1, 0.15) is 21.7 Å². The third-order valence-electron chi connectivity index (χ3n) is 6.17. The Morgan fingerprint density at radius 1 is 0.882 bits per heavy atom. The summed E-state index contributed by atoms with van der Waals surface area (Å²) in [6, 6.07) is 19.4. The molecule has 2 aromatic carbocycles. The Balaban J connectivity index is 1.29. The molecule has 7 nitrogen and oxygen atoms in total. The van der Waals surface area contributed by atoms with Gasteiger partial charge in [-0.1, -0.05) is 59.2 Å². The molecule has 0 aliphatic carbocycles. The molecule has 1 saturated heterocycles. The van der Waals surface area contributed by atoms with Crippen molar-refractivity contribution in [3.63, 3.8) is 0 Å². The van der Waals surface area contributed by atoms with Crippen molar-refractivity contribution in [2.45, 2.75) is 13.8 Å². The molecule has 3 heterocycles. The number of aromatic nitrogens is 3. The maximum atomic E-state index is 13.4. The quantitative estimate of drug-likeness (QED) is 0.413. The van der Waals surface area contributed by atoms with E-state index in [1.54, 1.807) is 13.0 Å². The lowest BCUT2D eigenvalue weighted by Gasteiger charge is -2.35.